The van der Waals surface area contributed by atoms with Crippen LogP contribution < -0.4 is 21.4 Å². The molecule has 2 aromatic carbocycles. The summed E-state index contributed by atoms with van der Waals surface area (Å²) < 4.78 is 28.9. The highest BCUT2D eigenvalue weighted by molar-refractivity contribution is 7.80. The standard InChI is InChI=1S/C20H22ClF2N5S/c21-15-3-1-2-13(8-15)11-25-16-4-6-28(7-5-16)19-10-17(22)14(9-18(19)23)12-26-27-20(24)29/h1-3,8-10,12,16,25H,4-7,11H2,(H3,24,27,29)/b26-12+. The second-order valence-electron chi connectivity index (χ2n) is 6.83. The van der Waals surface area contributed by atoms with Gasteiger partial charge in [0.05, 0.1) is 11.9 Å². The van der Waals surface area contributed by atoms with Crippen molar-refractivity contribution >= 4 is 40.8 Å². The molecule has 1 heterocycles. The Morgan fingerprint density at radius 1 is 1.24 bits per heavy atom. The first-order chi connectivity index (χ1) is 13.9. The van der Waals surface area contributed by atoms with Gasteiger partial charge in [-0.2, -0.15) is 5.10 Å². The molecule has 3 rings (SSSR count). The average molecular weight is 438 g/mol. The van der Waals surface area contributed by atoms with Crippen LogP contribution in [0.5, 0.6) is 0 Å². The van der Waals surface area contributed by atoms with Gasteiger partial charge in [-0.25, -0.2) is 8.78 Å². The first kappa shape index (κ1) is 21.4. The second-order valence-corrected chi connectivity index (χ2v) is 7.71. The fraction of sp³-hybridized carbons (Fsp3) is 0.300. The van der Waals surface area contributed by atoms with Crippen LogP contribution in [0.4, 0.5) is 14.5 Å². The van der Waals surface area contributed by atoms with Crippen molar-refractivity contribution in [3.8, 4) is 0 Å². The molecular weight excluding hydrogens is 416 g/mol. The first-order valence-electron chi connectivity index (χ1n) is 9.22. The monoisotopic (exact) mass is 437 g/mol. The highest BCUT2D eigenvalue weighted by Crippen LogP contribution is 2.26. The molecule has 0 saturated carbocycles. The zero-order chi connectivity index (χ0) is 20.8. The number of halogens is 3. The molecule has 0 amide bonds. The Kier molecular flexibility index (Phi) is 7.35. The number of hydrogen-bond acceptors (Lipinski definition) is 4. The van der Waals surface area contributed by atoms with E-state index in [1.54, 1.807) is 0 Å². The molecule has 1 fully saturated rings. The van der Waals surface area contributed by atoms with Crippen molar-refractivity contribution in [1.82, 2.24) is 10.7 Å². The van der Waals surface area contributed by atoms with Crippen molar-refractivity contribution in [2.24, 2.45) is 10.8 Å². The molecule has 0 spiro atoms. The number of thiocarbonyl (C=S) groups is 1. The van der Waals surface area contributed by atoms with E-state index in [0.717, 1.165) is 37.2 Å². The smallest absolute Gasteiger partial charge is 0.184 e. The van der Waals surface area contributed by atoms with E-state index in [4.69, 9.17) is 17.3 Å². The fourth-order valence-electron chi connectivity index (χ4n) is 3.29. The minimum Gasteiger partial charge on any atom is -0.375 e. The number of nitrogens with one attached hydrogen (secondary N) is 2. The molecule has 0 aromatic heterocycles. The lowest BCUT2D eigenvalue weighted by molar-refractivity contribution is 0.411. The number of hydrogen-bond donors (Lipinski definition) is 3. The van der Waals surface area contributed by atoms with Crippen molar-refractivity contribution in [1.29, 1.82) is 0 Å². The molecule has 0 bridgehead atoms. The van der Waals surface area contributed by atoms with Crippen LogP contribution in [0.15, 0.2) is 41.5 Å². The number of nitrogens with zero attached hydrogens (tertiary/aromatic N) is 2. The Labute approximate surface area is 178 Å². The number of piperidine rings is 1. The predicted octanol–water partition coefficient (Wildman–Crippen LogP) is 3.54. The van der Waals surface area contributed by atoms with E-state index in [-0.39, 0.29) is 16.4 Å². The highest BCUT2D eigenvalue weighted by Gasteiger charge is 2.22. The average Bonchev–Trinajstić information content (AvgIpc) is 2.69. The lowest BCUT2D eigenvalue weighted by Gasteiger charge is -2.34. The second kappa shape index (κ2) is 9.96. The lowest BCUT2D eigenvalue weighted by Crippen LogP contribution is -2.42. The molecule has 0 atom stereocenters. The maximum absolute atomic E-state index is 14.5. The molecule has 4 N–H and O–H groups in total. The maximum Gasteiger partial charge on any atom is 0.184 e. The molecule has 154 valence electrons. The summed E-state index contributed by atoms with van der Waals surface area (Å²) in [5, 5.41) is 7.84. The Morgan fingerprint density at radius 2 is 2.00 bits per heavy atom. The Balaban J connectivity index is 1.56. The van der Waals surface area contributed by atoms with E-state index in [0.29, 0.717) is 24.2 Å². The lowest BCUT2D eigenvalue weighted by atomic mass is 10.0. The third-order valence-electron chi connectivity index (χ3n) is 4.76. The van der Waals surface area contributed by atoms with Crippen LogP contribution in [-0.4, -0.2) is 30.5 Å². The summed E-state index contributed by atoms with van der Waals surface area (Å²) in [4.78, 5) is 1.87. The molecule has 1 aliphatic heterocycles. The van der Waals surface area contributed by atoms with Crippen molar-refractivity contribution in [2.45, 2.75) is 25.4 Å². The van der Waals surface area contributed by atoms with Crippen LogP contribution in [0, 0.1) is 11.6 Å². The van der Waals surface area contributed by atoms with Crippen LogP contribution in [0.1, 0.15) is 24.0 Å². The van der Waals surface area contributed by atoms with E-state index in [2.05, 4.69) is 28.1 Å². The molecule has 5 nitrogen and oxygen atoms in total. The first-order valence-corrected chi connectivity index (χ1v) is 10.0. The van der Waals surface area contributed by atoms with Gasteiger partial charge in [0.2, 0.25) is 0 Å². The summed E-state index contributed by atoms with van der Waals surface area (Å²) in [5.74, 6) is -1.05. The van der Waals surface area contributed by atoms with Gasteiger partial charge in [-0.3, -0.25) is 5.43 Å². The summed E-state index contributed by atoms with van der Waals surface area (Å²) >= 11 is 10.6. The molecule has 29 heavy (non-hydrogen) atoms. The van der Waals surface area contributed by atoms with Gasteiger partial charge in [-0.15, -0.1) is 0 Å². The number of benzene rings is 2. The molecule has 1 saturated heterocycles. The maximum atomic E-state index is 14.5. The Morgan fingerprint density at radius 3 is 2.69 bits per heavy atom. The summed E-state index contributed by atoms with van der Waals surface area (Å²) in [7, 11) is 0. The van der Waals surface area contributed by atoms with Gasteiger partial charge in [-0.1, -0.05) is 23.7 Å². The molecule has 0 aliphatic carbocycles. The van der Waals surface area contributed by atoms with Crippen LogP contribution in [0.2, 0.25) is 5.02 Å². The minimum absolute atomic E-state index is 0.0214. The van der Waals surface area contributed by atoms with Gasteiger partial charge < -0.3 is 16.0 Å². The van der Waals surface area contributed by atoms with Crippen molar-refractivity contribution < 1.29 is 8.78 Å². The number of hydrazone groups is 1. The molecule has 9 heteroatoms. The van der Waals surface area contributed by atoms with Gasteiger partial charge >= 0.3 is 0 Å². The predicted molar refractivity (Wildman–Crippen MR) is 117 cm³/mol. The van der Waals surface area contributed by atoms with Crippen LogP contribution in [0.25, 0.3) is 0 Å². The summed E-state index contributed by atoms with van der Waals surface area (Å²) in [6.45, 7) is 2.00. The van der Waals surface area contributed by atoms with Crippen molar-refractivity contribution in [2.75, 3.05) is 18.0 Å². The quantitative estimate of drug-likeness (QED) is 0.366. The van der Waals surface area contributed by atoms with Crippen LogP contribution >= 0.6 is 23.8 Å². The Bertz CT molecular complexity index is 900. The molecule has 0 unspecified atom stereocenters. The van der Waals surface area contributed by atoms with Gasteiger partial charge in [-0.05, 0) is 48.8 Å². The number of nitrogens with two attached hydrogens (primary N) is 1. The third-order valence-corrected chi connectivity index (χ3v) is 5.09. The largest absolute Gasteiger partial charge is 0.375 e. The fourth-order valence-corrected chi connectivity index (χ4v) is 3.56. The van der Waals surface area contributed by atoms with Crippen molar-refractivity contribution in [3.05, 3.63) is 64.2 Å². The summed E-state index contributed by atoms with van der Waals surface area (Å²) in [6, 6.07) is 10.4. The van der Waals surface area contributed by atoms with Gasteiger partial charge in [0, 0.05) is 42.3 Å². The summed E-state index contributed by atoms with van der Waals surface area (Å²) in [6.07, 6.45) is 2.82. The zero-order valence-corrected chi connectivity index (χ0v) is 17.2. The van der Waals surface area contributed by atoms with E-state index >= 15 is 0 Å². The molecule has 0 radical (unpaired) electrons. The van der Waals surface area contributed by atoms with E-state index < -0.39 is 11.6 Å². The SMILES string of the molecule is NC(=S)N/N=C/c1cc(F)c(N2CCC(NCc3cccc(Cl)c3)CC2)cc1F. The Hall–Kier alpha value is -2.29. The van der Waals surface area contributed by atoms with Gasteiger partial charge in [0.25, 0.3) is 0 Å². The topological polar surface area (TPSA) is 65.7 Å². The van der Waals surface area contributed by atoms with Crippen LogP contribution in [0.3, 0.4) is 0 Å². The van der Waals surface area contributed by atoms with E-state index in [1.807, 2.05) is 29.2 Å². The summed E-state index contributed by atoms with van der Waals surface area (Å²) in [5.41, 5.74) is 8.96. The third kappa shape index (κ3) is 6.09. The van der Waals surface area contributed by atoms with Crippen LogP contribution in [-0.2, 0) is 6.54 Å². The van der Waals surface area contributed by atoms with Crippen molar-refractivity contribution in [3.63, 3.8) is 0 Å². The number of anilines is 1. The normalized spacial score (nSPS) is 15.1. The van der Waals surface area contributed by atoms with Gasteiger partial charge in [0.1, 0.15) is 11.6 Å². The van der Waals surface area contributed by atoms with E-state index in [1.165, 1.54) is 6.07 Å². The van der Waals surface area contributed by atoms with E-state index in [9.17, 15) is 8.78 Å². The number of rotatable bonds is 6. The molecular formula is C20H22ClF2N5S. The molecule has 1 aliphatic rings. The van der Waals surface area contributed by atoms with Gasteiger partial charge in [0.15, 0.2) is 5.11 Å². The highest BCUT2D eigenvalue weighted by atomic mass is 35.5. The zero-order valence-electron chi connectivity index (χ0n) is 15.7. The molecule has 2 aromatic rings. The minimum atomic E-state index is -0.559.